The van der Waals surface area contributed by atoms with Gasteiger partial charge in [-0.1, -0.05) is 42.8 Å². The van der Waals surface area contributed by atoms with Gasteiger partial charge in [-0.15, -0.1) is 0 Å². The minimum absolute atomic E-state index is 0.163. The van der Waals surface area contributed by atoms with Crippen LogP contribution in [0, 0.1) is 6.92 Å². The maximum absolute atomic E-state index is 13.5. The highest BCUT2D eigenvalue weighted by atomic mass is 32.2. The predicted octanol–water partition coefficient (Wildman–Crippen LogP) is 4.40. The quantitative estimate of drug-likeness (QED) is 0.419. The van der Waals surface area contributed by atoms with Crippen LogP contribution in [0.1, 0.15) is 23.8 Å². The Bertz CT molecular complexity index is 1110. The summed E-state index contributed by atoms with van der Waals surface area (Å²) >= 11 is 1.64. The molecule has 0 aliphatic heterocycles. The normalized spacial score (nSPS) is 11.3. The molecule has 0 radical (unpaired) electrons. The monoisotopic (exact) mass is 472 g/mol. The van der Waals surface area contributed by atoms with Gasteiger partial charge in [0.2, 0.25) is 5.91 Å². The van der Waals surface area contributed by atoms with Crippen LogP contribution in [0.2, 0.25) is 0 Å². The van der Waals surface area contributed by atoms with Crippen LogP contribution in [0.5, 0.6) is 0 Å². The van der Waals surface area contributed by atoms with Crippen molar-refractivity contribution in [2.24, 2.45) is 0 Å². The molecule has 0 saturated heterocycles. The number of nitrogens with one attached hydrogen (secondary N) is 1. The molecule has 0 fully saturated rings. The van der Waals surface area contributed by atoms with Crippen molar-refractivity contribution in [1.29, 1.82) is 0 Å². The van der Waals surface area contributed by atoms with Crippen LogP contribution >= 0.6 is 11.8 Å². The number of amides is 1. The number of aryl methyl sites for hydroxylation is 2. The molecule has 170 valence electrons. The van der Waals surface area contributed by atoms with Crippen molar-refractivity contribution in [3.63, 3.8) is 0 Å². The lowest BCUT2D eigenvalue weighted by molar-refractivity contribution is -0.119. The molecule has 8 heteroatoms. The highest BCUT2D eigenvalue weighted by molar-refractivity contribution is 7.98. The van der Waals surface area contributed by atoms with E-state index in [2.05, 4.69) is 5.32 Å². The molecular formula is C24H28N2O4S2. The fourth-order valence-corrected chi connectivity index (χ4v) is 5.42. The number of benzene rings is 2. The van der Waals surface area contributed by atoms with Crippen molar-refractivity contribution in [2.75, 3.05) is 23.1 Å². The molecule has 3 aromatic rings. The molecule has 1 aromatic heterocycles. The summed E-state index contributed by atoms with van der Waals surface area (Å²) in [7, 11) is -3.91. The fourth-order valence-electron chi connectivity index (χ4n) is 3.21. The van der Waals surface area contributed by atoms with E-state index in [1.807, 2.05) is 38.1 Å². The molecule has 0 aliphatic carbocycles. The Hall–Kier alpha value is -2.71. The minimum atomic E-state index is -3.91. The lowest BCUT2D eigenvalue weighted by atomic mass is 10.1. The Labute approximate surface area is 194 Å². The van der Waals surface area contributed by atoms with E-state index in [1.54, 1.807) is 54.4 Å². The summed E-state index contributed by atoms with van der Waals surface area (Å²) in [6, 6.07) is 17.7. The largest absolute Gasteiger partial charge is 0.468 e. The molecule has 0 unspecified atom stereocenters. The highest BCUT2D eigenvalue weighted by Gasteiger charge is 2.28. The third-order valence-corrected chi connectivity index (χ3v) is 7.69. The second-order valence-electron chi connectivity index (χ2n) is 7.29. The van der Waals surface area contributed by atoms with Crippen LogP contribution in [0.3, 0.4) is 0 Å². The molecular weight excluding hydrogens is 444 g/mol. The van der Waals surface area contributed by atoms with Crippen LogP contribution in [-0.4, -0.2) is 33.2 Å². The Balaban J connectivity index is 1.72. The van der Waals surface area contributed by atoms with Gasteiger partial charge in [0, 0.05) is 12.3 Å². The second kappa shape index (κ2) is 11.2. The van der Waals surface area contributed by atoms with Gasteiger partial charge in [-0.2, -0.15) is 11.8 Å². The zero-order chi connectivity index (χ0) is 23.0. The van der Waals surface area contributed by atoms with E-state index in [0.29, 0.717) is 24.4 Å². The maximum atomic E-state index is 13.5. The van der Waals surface area contributed by atoms with Gasteiger partial charge < -0.3 is 9.73 Å². The van der Waals surface area contributed by atoms with Crippen molar-refractivity contribution in [3.8, 4) is 0 Å². The van der Waals surface area contributed by atoms with Gasteiger partial charge in [0.1, 0.15) is 12.3 Å². The van der Waals surface area contributed by atoms with Crippen molar-refractivity contribution < 1.29 is 17.6 Å². The molecule has 1 heterocycles. The first kappa shape index (κ1) is 23.9. The SMILES string of the molecule is CCc1ccccc1N(CC(=O)NCCSCc1ccco1)S(=O)(=O)c1ccc(C)cc1. The third kappa shape index (κ3) is 6.17. The Morgan fingerprint density at radius 3 is 2.50 bits per heavy atom. The van der Waals surface area contributed by atoms with Crippen LogP contribution in [0.15, 0.2) is 76.2 Å². The van der Waals surface area contributed by atoms with Crippen molar-refractivity contribution >= 4 is 33.4 Å². The van der Waals surface area contributed by atoms with E-state index in [4.69, 9.17) is 4.42 Å². The first-order valence-corrected chi connectivity index (χ1v) is 13.1. The molecule has 0 aliphatic rings. The standard InChI is InChI=1S/C24H28N2O4S2/c1-3-20-7-4-5-9-23(20)26(32(28,29)22-12-10-19(2)11-13-22)17-24(27)25-14-16-31-18-21-8-6-15-30-21/h4-13,15H,3,14,16-18H2,1-2H3,(H,25,27). The van der Waals surface area contributed by atoms with Gasteiger partial charge in [0.05, 0.1) is 22.6 Å². The van der Waals surface area contributed by atoms with Gasteiger partial charge in [-0.3, -0.25) is 9.10 Å². The molecule has 6 nitrogen and oxygen atoms in total. The molecule has 0 spiro atoms. The Kier molecular flexibility index (Phi) is 8.41. The second-order valence-corrected chi connectivity index (χ2v) is 10.3. The summed E-state index contributed by atoms with van der Waals surface area (Å²) in [5, 5.41) is 2.84. The third-order valence-electron chi connectivity index (χ3n) is 4.93. The number of furan rings is 1. The smallest absolute Gasteiger partial charge is 0.264 e. The summed E-state index contributed by atoms with van der Waals surface area (Å²) < 4.78 is 33.5. The summed E-state index contributed by atoms with van der Waals surface area (Å²) in [6.07, 6.45) is 2.29. The first-order valence-electron chi connectivity index (χ1n) is 10.5. The number of sulfonamides is 1. The average Bonchev–Trinajstić information content (AvgIpc) is 3.31. The van der Waals surface area contributed by atoms with Crippen molar-refractivity contribution in [3.05, 3.63) is 83.8 Å². The number of hydrogen-bond acceptors (Lipinski definition) is 5. The Morgan fingerprint density at radius 2 is 1.81 bits per heavy atom. The number of para-hydroxylation sites is 1. The van der Waals surface area contributed by atoms with Crippen molar-refractivity contribution in [1.82, 2.24) is 5.32 Å². The van der Waals surface area contributed by atoms with Crippen LogP contribution in [-0.2, 0) is 27.0 Å². The molecule has 0 bridgehead atoms. The van der Waals surface area contributed by atoms with E-state index in [-0.39, 0.29) is 17.3 Å². The summed E-state index contributed by atoms with van der Waals surface area (Å²) in [5.41, 5.74) is 2.36. The number of hydrogen-bond donors (Lipinski definition) is 1. The van der Waals surface area contributed by atoms with Crippen LogP contribution in [0.25, 0.3) is 0 Å². The predicted molar refractivity (Wildman–Crippen MR) is 129 cm³/mol. The van der Waals surface area contributed by atoms with Gasteiger partial charge in [0.25, 0.3) is 10.0 Å². The first-order chi connectivity index (χ1) is 15.4. The fraction of sp³-hybridized carbons (Fsp3) is 0.292. The zero-order valence-electron chi connectivity index (χ0n) is 18.3. The van der Waals surface area contributed by atoms with E-state index >= 15 is 0 Å². The van der Waals surface area contributed by atoms with E-state index in [0.717, 1.165) is 22.6 Å². The van der Waals surface area contributed by atoms with Gasteiger partial charge in [-0.05, 0) is 49.2 Å². The molecule has 0 atom stereocenters. The highest BCUT2D eigenvalue weighted by Crippen LogP contribution is 2.27. The summed E-state index contributed by atoms with van der Waals surface area (Å²) in [4.78, 5) is 12.9. The summed E-state index contributed by atoms with van der Waals surface area (Å²) in [6.45, 7) is 4.03. The molecule has 32 heavy (non-hydrogen) atoms. The number of anilines is 1. The van der Waals surface area contributed by atoms with E-state index in [9.17, 15) is 13.2 Å². The van der Waals surface area contributed by atoms with E-state index < -0.39 is 10.0 Å². The number of rotatable bonds is 11. The number of nitrogens with zero attached hydrogens (tertiary/aromatic N) is 1. The molecule has 1 amide bonds. The number of carbonyl (C=O) groups excluding carboxylic acids is 1. The van der Waals surface area contributed by atoms with Crippen LogP contribution < -0.4 is 9.62 Å². The topological polar surface area (TPSA) is 79.6 Å². The van der Waals surface area contributed by atoms with Gasteiger partial charge in [0.15, 0.2) is 0 Å². The van der Waals surface area contributed by atoms with Crippen molar-refractivity contribution in [2.45, 2.75) is 30.9 Å². The lowest BCUT2D eigenvalue weighted by Crippen LogP contribution is -2.41. The molecule has 1 N–H and O–H groups in total. The minimum Gasteiger partial charge on any atom is -0.468 e. The summed E-state index contributed by atoms with van der Waals surface area (Å²) in [5.74, 6) is 1.96. The maximum Gasteiger partial charge on any atom is 0.264 e. The molecule has 3 rings (SSSR count). The van der Waals surface area contributed by atoms with Gasteiger partial charge >= 0.3 is 0 Å². The van der Waals surface area contributed by atoms with Gasteiger partial charge in [-0.25, -0.2) is 8.42 Å². The van der Waals surface area contributed by atoms with Crippen LogP contribution in [0.4, 0.5) is 5.69 Å². The molecule has 2 aromatic carbocycles. The lowest BCUT2D eigenvalue weighted by Gasteiger charge is -2.26. The zero-order valence-corrected chi connectivity index (χ0v) is 19.9. The number of thioether (sulfide) groups is 1. The average molecular weight is 473 g/mol. The number of carbonyl (C=O) groups is 1. The molecule has 0 saturated carbocycles. The Morgan fingerprint density at radius 1 is 1.06 bits per heavy atom. The van der Waals surface area contributed by atoms with E-state index in [1.165, 1.54) is 4.31 Å².